The van der Waals surface area contributed by atoms with Gasteiger partial charge in [0, 0.05) is 11.8 Å². The van der Waals surface area contributed by atoms with E-state index in [1.165, 1.54) is 0 Å². The summed E-state index contributed by atoms with van der Waals surface area (Å²) in [6.07, 6.45) is 0.247. The average molecular weight is 290 g/mol. The van der Waals surface area contributed by atoms with Gasteiger partial charge in [-0.15, -0.1) is 0 Å². The second-order valence-corrected chi connectivity index (χ2v) is 7.90. The van der Waals surface area contributed by atoms with Gasteiger partial charge in [0.05, 0.1) is 6.61 Å². The minimum absolute atomic E-state index is 0.198. The first kappa shape index (κ1) is 16.6. The molecule has 0 aromatic heterocycles. The van der Waals surface area contributed by atoms with E-state index in [9.17, 15) is 9.69 Å². The minimum atomic E-state index is -3.48. The Balaban J connectivity index is 2.84. The summed E-state index contributed by atoms with van der Waals surface area (Å²) in [5, 5.41) is 0. The molecule has 0 N–H and O–H groups in total. The molecule has 110 valence electrons. The molecule has 0 spiro atoms. The van der Waals surface area contributed by atoms with Gasteiger partial charge in [0.2, 0.25) is 5.66 Å². The first-order valence-electron chi connectivity index (χ1n) is 6.40. The average Bonchev–Trinajstić information content (AvgIpc) is 2.30. The Morgan fingerprint density at radius 1 is 1.47 bits per heavy atom. The van der Waals surface area contributed by atoms with Crippen LogP contribution in [0.3, 0.4) is 0 Å². The van der Waals surface area contributed by atoms with Crippen LogP contribution >= 0.6 is 7.94 Å². The molecule has 1 heterocycles. The molecule has 5 nitrogen and oxygen atoms in total. The first-order valence-corrected chi connectivity index (χ1v) is 8.01. The zero-order valence-corrected chi connectivity index (χ0v) is 13.0. The number of carbonyl (C=O) groups excluding carboxylic acids is 1. The molecule has 1 rings (SSSR count). The topological polar surface area (TPSA) is 67.8 Å². The van der Waals surface area contributed by atoms with Crippen LogP contribution in [-0.2, 0) is 18.6 Å². The number of hydrogen-bond donors (Lipinski definition) is 0. The van der Waals surface area contributed by atoms with Crippen LogP contribution in [0, 0.1) is 5.41 Å². The highest BCUT2D eigenvalue weighted by Crippen LogP contribution is 2.62. The van der Waals surface area contributed by atoms with Gasteiger partial charge in [-0.1, -0.05) is 26.0 Å². The fourth-order valence-electron chi connectivity index (χ4n) is 1.68. The maximum atomic E-state index is 12.7. The molecular weight excluding hydrogens is 267 g/mol. The molecule has 0 bridgehead atoms. The Kier molecular flexibility index (Phi) is 5.51. The summed E-state index contributed by atoms with van der Waals surface area (Å²) in [6, 6.07) is 0. The molecule has 0 aromatic carbocycles. The Bertz CT molecular complexity index is 343. The van der Waals surface area contributed by atoms with Crippen molar-refractivity contribution in [3.8, 4) is 0 Å². The van der Waals surface area contributed by atoms with E-state index in [4.69, 9.17) is 13.8 Å². The van der Waals surface area contributed by atoms with E-state index in [2.05, 4.69) is 6.58 Å². The van der Waals surface area contributed by atoms with Gasteiger partial charge in [0.15, 0.2) is 0 Å². The van der Waals surface area contributed by atoms with Gasteiger partial charge in [-0.3, -0.25) is 0 Å². The van der Waals surface area contributed by atoms with Crippen molar-refractivity contribution >= 4 is 13.9 Å². The summed E-state index contributed by atoms with van der Waals surface area (Å²) in [5.74, 6) is -0.548. The molecule has 1 atom stereocenters. The lowest BCUT2D eigenvalue weighted by molar-refractivity contribution is -0.236. The predicted octanol–water partition coefficient (Wildman–Crippen LogP) is 2.08. The number of hydrogen-bond acceptors (Lipinski definition) is 5. The molecule has 0 aliphatic carbocycles. The van der Waals surface area contributed by atoms with E-state index in [0.717, 1.165) is 5.57 Å². The highest BCUT2D eigenvalue weighted by molar-refractivity contribution is 7.61. The largest absolute Gasteiger partial charge is 0.631 e. The van der Waals surface area contributed by atoms with E-state index >= 15 is 0 Å². The first-order chi connectivity index (χ1) is 8.70. The van der Waals surface area contributed by atoms with Crippen molar-refractivity contribution in [2.75, 3.05) is 19.8 Å². The number of esters is 1. The molecule has 1 unspecified atom stereocenters. The Hall–Kier alpha value is -0.480. The fourth-order valence-corrected chi connectivity index (χ4v) is 4.04. The van der Waals surface area contributed by atoms with Crippen LogP contribution in [0.25, 0.3) is 0 Å². The second kappa shape index (κ2) is 6.31. The minimum Gasteiger partial charge on any atom is -0.631 e. The second-order valence-electron chi connectivity index (χ2n) is 5.68. The molecule has 1 aliphatic rings. The van der Waals surface area contributed by atoms with Crippen LogP contribution in [0.1, 0.15) is 34.1 Å². The number of allylic oxidation sites excluding steroid dienone is 1. The predicted molar refractivity (Wildman–Crippen MR) is 72.5 cm³/mol. The third kappa shape index (κ3) is 4.53. The smallest absolute Gasteiger partial charge is 0.352 e. The molecule has 0 saturated carbocycles. The maximum absolute atomic E-state index is 12.7. The van der Waals surface area contributed by atoms with E-state index in [0.29, 0.717) is 13.2 Å². The van der Waals surface area contributed by atoms with Crippen molar-refractivity contribution in [2.24, 2.45) is 5.41 Å². The summed E-state index contributed by atoms with van der Waals surface area (Å²) in [4.78, 5) is 24.6. The molecule has 1 fully saturated rings. The molecule has 0 amide bonds. The van der Waals surface area contributed by atoms with E-state index < -0.39 is 19.6 Å². The van der Waals surface area contributed by atoms with Crippen LogP contribution in [-0.4, -0.2) is 31.4 Å². The lowest BCUT2D eigenvalue weighted by Crippen LogP contribution is -2.42. The molecule has 0 radical (unpaired) electrons. The van der Waals surface area contributed by atoms with Crippen molar-refractivity contribution in [3.05, 3.63) is 12.2 Å². The van der Waals surface area contributed by atoms with Crippen molar-refractivity contribution in [3.63, 3.8) is 0 Å². The van der Waals surface area contributed by atoms with E-state index in [1.54, 1.807) is 13.8 Å². The number of rotatable bonds is 5. The summed E-state index contributed by atoms with van der Waals surface area (Å²) in [5.41, 5.74) is -0.373. The quantitative estimate of drug-likeness (QED) is 0.440. The summed E-state index contributed by atoms with van der Waals surface area (Å²) >= 11 is 0. The van der Waals surface area contributed by atoms with Crippen LogP contribution in [0.5, 0.6) is 0 Å². The SMILES string of the molecule is C=C(C)CC(C(=O)OCC)[P+]1([O-])OCC(C)(C)CO1. The summed E-state index contributed by atoms with van der Waals surface area (Å²) in [7, 11) is -3.48. The summed E-state index contributed by atoms with van der Waals surface area (Å²) < 4.78 is 15.8. The summed E-state index contributed by atoms with van der Waals surface area (Å²) in [6.45, 7) is 12.0. The van der Waals surface area contributed by atoms with Crippen LogP contribution < -0.4 is 4.89 Å². The molecule has 1 saturated heterocycles. The van der Waals surface area contributed by atoms with Crippen LogP contribution in [0.4, 0.5) is 0 Å². The fraction of sp³-hybridized carbons (Fsp3) is 0.769. The number of ether oxygens (including phenoxy) is 1. The molecule has 0 aromatic rings. The van der Waals surface area contributed by atoms with E-state index in [-0.39, 0.29) is 18.4 Å². The van der Waals surface area contributed by atoms with Gasteiger partial charge < -0.3 is 9.63 Å². The van der Waals surface area contributed by atoms with Crippen LogP contribution in [0.2, 0.25) is 0 Å². The zero-order chi connectivity index (χ0) is 14.7. The monoisotopic (exact) mass is 290 g/mol. The van der Waals surface area contributed by atoms with Gasteiger partial charge in [0.1, 0.15) is 13.2 Å². The third-order valence-electron chi connectivity index (χ3n) is 2.75. The van der Waals surface area contributed by atoms with Crippen molar-refractivity contribution in [1.29, 1.82) is 0 Å². The van der Waals surface area contributed by atoms with Gasteiger partial charge in [-0.05, 0) is 13.8 Å². The molecule has 6 heteroatoms. The van der Waals surface area contributed by atoms with Crippen LogP contribution in [0.15, 0.2) is 12.2 Å². The Morgan fingerprint density at radius 3 is 2.42 bits per heavy atom. The van der Waals surface area contributed by atoms with Gasteiger partial charge in [0.25, 0.3) is 7.94 Å². The Morgan fingerprint density at radius 2 is 2.00 bits per heavy atom. The van der Waals surface area contributed by atoms with Gasteiger partial charge in [-0.25, -0.2) is 13.8 Å². The lowest BCUT2D eigenvalue weighted by Gasteiger charge is -2.40. The molecule has 1 aliphatic heterocycles. The highest BCUT2D eigenvalue weighted by atomic mass is 31.2. The van der Waals surface area contributed by atoms with Crippen molar-refractivity contribution < 1.29 is 23.5 Å². The third-order valence-corrected chi connectivity index (χ3v) is 4.89. The molecule has 19 heavy (non-hydrogen) atoms. The standard InChI is InChI=1S/C13H23O5P/c1-6-16-12(14)11(7-10(2)3)19(15)17-8-13(4,5)9-18-19/h11H,2,6-9H2,1,3-5H3. The van der Waals surface area contributed by atoms with Gasteiger partial charge in [-0.2, -0.15) is 0 Å². The number of carbonyl (C=O) groups is 1. The normalized spacial score (nSPS) is 22.6. The maximum Gasteiger partial charge on any atom is 0.352 e. The Labute approximate surface area is 115 Å². The highest BCUT2D eigenvalue weighted by Gasteiger charge is 2.51. The van der Waals surface area contributed by atoms with Crippen molar-refractivity contribution in [1.82, 2.24) is 0 Å². The lowest BCUT2D eigenvalue weighted by atomic mass is 9.97. The van der Waals surface area contributed by atoms with E-state index in [1.807, 2.05) is 13.8 Å². The van der Waals surface area contributed by atoms with Crippen molar-refractivity contribution in [2.45, 2.75) is 39.8 Å². The zero-order valence-electron chi connectivity index (χ0n) is 12.1. The molecular formula is C13H23O5P. The van der Waals surface area contributed by atoms with Gasteiger partial charge >= 0.3 is 5.97 Å².